The van der Waals surface area contributed by atoms with Crippen LogP contribution in [0.5, 0.6) is 11.5 Å². The lowest BCUT2D eigenvalue weighted by atomic mass is 10.2. The molecule has 0 aliphatic rings. The van der Waals surface area contributed by atoms with Crippen LogP contribution in [0.25, 0.3) is 0 Å². The molecule has 0 spiro atoms. The highest BCUT2D eigenvalue weighted by molar-refractivity contribution is 5.78. The summed E-state index contributed by atoms with van der Waals surface area (Å²) < 4.78 is 15.3. The second kappa shape index (κ2) is 6.78. The van der Waals surface area contributed by atoms with Crippen LogP contribution in [0.4, 0.5) is 0 Å². The van der Waals surface area contributed by atoms with Gasteiger partial charge in [0.2, 0.25) is 5.91 Å². The lowest BCUT2D eigenvalue weighted by molar-refractivity contribution is -0.120. The van der Waals surface area contributed by atoms with Crippen molar-refractivity contribution in [3.8, 4) is 11.5 Å². The first kappa shape index (κ1) is 14.9. The number of nitrogens with zero attached hydrogens (tertiary/aromatic N) is 1. The SMILES string of the molecule is COc1ccc(CNC(=O)Cc2cc(C)on2)cc1OC. The van der Waals surface area contributed by atoms with Gasteiger partial charge >= 0.3 is 0 Å². The zero-order valence-corrected chi connectivity index (χ0v) is 12.3. The molecule has 0 bridgehead atoms. The van der Waals surface area contributed by atoms with Crippen molar-refractivity contribution in [1.82, 2.24) is 10.5 Å². The molecule has 6 nitrogen and oxygen atoms in total. The summed E-state index contributed by atoms with van der Waals surface area (Å²) in [4.78, 5) is 11.8. The van der Waals surface area contributed by atoms with Crippen molar-refractivity contribution < 1.29 is 18.8 Å². The fourth-order valence-corrected chi connectivity index (χ4v) is 1.92. The second-order valence-corrected chi connectivity index (χ2v) is 4.57. The van der Waals surface area contributed by atoms with Gasteiger partial charge in [-0.25, -0.2) is 0 Å². The Kier molecular flexibility index (Phi) is 4.81. The fraction of sp³-hybridized carbons (Fsp3) is 0.333. The minimum absolute atomic E-state index is 0.113. The van der Waals surface area contributed by atoms with Crippen LogP contribution in [0, 0.1) is 6.92 Å². The molecule has 2 aromatic rings. The number of rotatable bonds is 6. The normalized spacial score (nSPS) is 10.2. The van der Waals surface area contributed by atoms with E-state index in [-0.39, 0.29) is 12.3 Å². The average molecular weight is 290 g/mol. The molecule has 0 aliphatic heterocycles. The Balaban J connectivity index is 1.91. The number of amides is 1. The van der Waals surface area contributed by atoms with E-state index in [4.69, 9.17) is 14.0 Å². The molecule has 2 rings (SSSR count). The molecular weight excluding hydrogens is 272 g/mol. The lowest BCUT2D eigenvalue weighted by Gasteiger charge is -2.10. The number of methoxy groups -OCH3 is 2. The molecular formula is C15H18N2O4. The topological polar surface area (TPSA) is 73.6 Å². The van der Waals surface area contributed by atoms with Gasteiger partial charge in [0.1, 0.15) is 5.76 Å². The number of carbonyl (C=O) groups is 1. The Morgan fingerprint density at radius 2 is 2.00 bits per heavy atom. The van der Waals surface area contributed by atoms with Gasteiger partial charge in [0.15, 0.2) is 11.5 Å². The number of hydrogen-bond donors (Lipinski definition) is 1. The van der Waals surface area contributed by atoms with Crippen molar-refractivity contribution in [3.63, 3.8) is 0 Å². The molecule has 0 fully saturated rings. The Morgan fingerprint density at radius 1 is 1.24 bits per heavy atom. The minimum Gasteiger partial charge on any atom is -0.493 e. The molecule has 1 aromatic carbocycles. The van der Waals surface area contributed by atoms with E-state index in [1.165, 1.54) is 0 Å². The number of benzene rings is 1. The van der Waals surface area contributed by atoms with Crippen molar-refractivity contribution >= 4 is 5.91 Å². The van der Waals surface area contributed by atoms with E-state index in [9.17, 15) is 4.79 Å². The molecule has 21 heavy (non-hydrogen) atoms. The van der Waals surface area contributed by atoms with Gasteiger partial charge in [-0.2, -0.15) is 0 Å². The van der Waals surface area contributed by atoms with Crippen LogP contribution in [0.2, 0.25) is 0 Å². The zero-order valence-electron chi connectivity index (χ0n) is 12.3. The van der Waals surface area contributed by atoms with Gasteiger partial charge in [-0.1, -0.05) is 11.2 Å². The van der Waals surface area contributed by atoms with Gasteiger partial charge in [-0.05, 0) is 24.6 Å². The smallest absolute Gasteiger partial charge is 0.226 e. The van der Waals surface area contributed by atoms with Gasteiger partial charge in [-0.3, -0.25) is 4.79 Å². The lowest BCUT2D eigenvalue weighted by Crippen LogP contribution is -2.24. The van der Waals surface area contributed by atoms with E-state index in [1.54, 1.807) is 33.3 Å². The Bertz CT molecular complexity index is 622. The van der Waals surface area contributed by atoms with Crippen LogP contribution in [0.1, 0.15) is 17.0 Å². The number of carbonyl (C=O) groups excluding carboxylic acids is 1. The summed E-state index contributed by atoms with van der Waals surface area (Å²) in [6.45, 7) is 2.20. The van der Waals surface area contributed by atoms with E-state index in [2.05, 4.69) is 10.5 Å². The zero-order chi connectivity index (χ0) is 15.2. The summed E-state index contributed by atoms with van der Waals surface area (Å²) in [5.41, 5.74) is 1.55. The van der Waals surface area contributed by atoms with E-state index < -0.39 is 0 Å². The molecule has 0 radical (unpaired) electrons. The summed E-state index contributed by atoms with van der Waals surface area (Å²) in [6, 6.07) is 7.26. The first-order valence-corrected chi connectivity index (χ1v) is 6.52. The number of hydrogen-bond acceptors (Lipinski definition) is 5. The maximum atomic E-state index is 11.8. The van der Waals surface area contributed by atoms with E-state index in [1.807, 2.05) is 12.1 Å². The Labute approximate surface area is 123 Å². The molecule has 0 saturated heterocycles. The maximum Gasteiger partial charge on any atom is 0.226 e. The first-order chi connectivity index (χ1) is 10.1. The van der Waals surface area contributed by atoms with Crippen LogP contribution in [0.15, 0.2) is 28.8 Å². The predicted molar refractivity (Wildman–Crippen MR) is 76.3 cm³/mol. The van der Waals surface area contributed by atoms with E-state index in [0.29, 0.717) is 29.5 Å². The first-order valence-electron chi connectivity index (χ1n) is 6.52. The van der Waals surface area contributed by atoms with Crippen molar-refractivity contribution in [1.29, 1.82) is 0 Å². The van der Waals surface area contributed by atoms with Crippen LogP contribution >= 0.6 is 0 Å². The van der Waals surface area contributed by atoms with E-state index >= 15 is 0 Å². The van der Waals surface area contributed by atoms with Gasteiger partial charge in [0.25, 0.3) is 0 Å². The third-order valence-corrected chi connectivity index (χ3v) is 2.96. The van der Waals surface area contributed by atoms with Gasteiger partial charge in [0.05, 0.1) is 26.3 Å². The second-order valence-electron chi connectivity index (χ2n) is 4.57. The van der Waals surface area contributed by atoms with Gasteiger partial charge < -0.3 is 19.3 Å². The summed E-state index contributed by atoms with van der Waals surface area (Å²) in [6.07, 6.45) is 0.199. The summed E-state index contributed by atoms with van der Waals surface area (Å²) in [7, 11) is 3.16. The number of nitrogens with one attached hydrogen (secondary N) is 1. The van der Waals surface area contributed by atoms with Gasteiger partial charge in [-0.15, -0.1) is 0 Å². The average Bonchev–Trinajstić information content (AvgIpc) is 2.89. The Morgan fingerprint density at radius 3 is 2.62 bits per heavy atom. The number of aromatic nitrogens is 1. The minimum atomic E-state index is -0.113. The summed E-state index contributed by atoms with van der Waals surface area (Å²) in [5, 5.41) is 6.62. The molecule has 0 saturated carbocycles. The maximum absolute atomic E-state index is 11.8. The van der Waals surface area contributed by atoms with Gasteiger partial charge in [0, 0.05) is 12.6 Å². The monoisotopic (exact) mass is 290 g/mol. The fourth-order valence-electron chi connectivity index (χ4n) is 1.92. The van der Waals surface area contributed by atoms with Crippen molar-refractivity contribution in [2.45, 2.75) is 19.9 Å². The standard InChI is InChI=1S/C15H18N2O4/c1-10-6-12(17-21-10)8-15(18)16-9-11-4-5-13(19-2)14(7-11)20-3/h4-7H,8-9H2,1-3H3,(H,16,18). The largest absolute Gasteiger partial charge is 0.493 e. The van der Waals surface area contributed by atoms with Crippen LogP contribution in [0.3, 0.4) is 0 Å². The molecule has 1 N–H and O–H groups in total. The van der Waals surface area contributed by atoms with Crippen LogP contribution < -0.4 is 14.8 Å². The highest BCUT2D eigenvalue weighted by Gasteiger charge is 2.09. The summed E-state index contributed by atoms with van der Waals surface area (Å²) >= 11 is 0. The molecule has 0 aliphatic carbocycles. The molecule has 0 unspecified atom stereocenters. The summed E-state index contributed by atoms with van der Waals surface area (Å²) in [5.74, 6) is 1.87. The van der Waals surface area contributed by atoms with Crippen molar-refractivity contribution in [2.75, 3.05) is 14.2 Å². The molecule has 112 valence electrons. The molecule has 1 aromatic heterocycles. The number of ether oxygens (including phenoxy) is 2. The highest BCUT2D eigenvalue weighted by Crippen LogP contribution is 2.27. The third kappa shape index (κ3) is 3.98. The van der Waals surface area contributed by atoms with Crippen LogP contribution in [-0.4, -0.2) is 25.3 Å². The molecule has 0 atom stereocenters. The molecule has 1 amide bonds. The predicted octanol–water partition coefficient (Wildman–Crippen LogP) is 1.86. The quantitative estimate of drug-likeness (QED) is 0.879. The van der Waals surface area contributed by atoms with E-state index in [0.717, 1.165) is 5.56 Å². The highest BCUT2D eigenvalue weighted by atomic mass is 16.5. The number of aryl methyl sites for hydroxylation is 1. The van der Waals surface area contributed by atoms with Crippen molar-refractivity contribution in [2.24, 2.45) is 0 Å². The molecule has 1 heterocycles. The third-order valence-electron chi connectivity index (χ3n) is 2.96. The van der Waals surface area contributed by atoms with Crippen LogP contribution in [-0.2, 0) is 17.8 Å². The van der Waals surface area contributed by atoms with Crippen molar-refractivity contribution in [3.05, 3.63) is 41.3 Å². The Hall–Kier alpha value is -2.50. The molecule has 6 heteroatoms.